The largest absolute Gasteiger partial charge is 0.313 e. The average molecular weight is 298 g/mol. The molecule has 3 heteroatoms. The molecule has 0 saturated heterocycles. The van der Waals surface area contributed by atoms with E-state index >= 15 is 0 Å². The number of nitrogens with zero attached hydrogens (tertiary/aromatic N) is 1. The molecule has 1 heterocycles. The normalized spacial score (nSPS) is 13.4. The molecule has 110 valence electrons. The molecule has 0 saturated carbocycles. The van der Waals surface area contributed by atoms with E-state index in [4.69, 9.17) is 0 Å². The molecule has 21 heavy (non-hydrogen) atoms. The number of hydrogen-bond donors (Lipinski definition) is 1. The van der Waals surface area contributed by atoms with Gasteiger partial charge in [0.15, 0.2) is 0 Å². The van der Waals surface area contributed by atoms with Crippen molar-refractivity contribution in [1.29, 1.82) is 0 Å². The van der Waals surface area contributed by atoms with Gasteiger partial charge >= 0.3 is 0 Å². The molecule has 1 aliphatic rings. The standard InChI is InChI=1S/C18H22N2S/c1-2-10-19-13-16-7-4-11-20-18(16)21-17-9-8-14-5-3-6-15(14)12-17/h4,7-9,11-12,19H,2-3,5-6,10,13H2,1H3. The van der Waals surface area contributed by atoms with E-state index in [2.05, 4.69) is 41.5 Å². The maximum atomic E-state index is 4.57. The molecule has 0 unspecified atom stereocenters. The van der Waals surface area contributed by atoms with Gasteiger partial charge in [-0.25, -0.2) is 4.98 Å². The van der Waals surface area contributed by atoms with E-state index in [1.165, 1.54) is 40.8 Å². The van der Waals surface area contributed by atoms with Crippen LogP contribution in [0.25, 0.3) is 0 Å². The predicted molar refractivity (Wildman–Crippen MR) is 88.8 cm³/mol. The lowest BCUT2D eigenvalue weighted by molar-refractivity contribution is 0.665. The van der Waals surface area contributed by atoms with Crippen molar-refractivity contribution in [1.82, 2.24) is 10.3 Å². The quantitative estimate of drug-likeness (QED) is 0.808. The van der Waals surface area contributed by atoms with Crippen LogP contribution in [0.5, 0.6) is 0 Å². The van der Waals surface area contributed by atoms with Gasteiger partial charge in [-0.2, -0.15) is 0 Å². The molecule has 0 amide bonds. The summed E-state index contributed by atoms with van der Waals surface area (Å²) in [5, 5.41) is 4.59. The summed E-state index contributed by atoms with van der Waals surface area (Å²) in [6, 6.07) is 11.1. The molecule has 1 N–H and O–H groups in total. The van der Waals surface area contributed by atoms with Gasteiger partial charge in [-0.3, -0.25) is 0 Å². The number of rotatable bonds is 6. The first-order valence-electron chi connectivity index (χ1n) is 7.81. The van der Waals surface area contributed by atoms with Crippen molar-refractivity contribution in [3.8, 4) is 0 Å². The summed E-state index contributed by atoms with van der Waals surface area (Å²) >= 11 is 1.79. The molecule has 0 bridgehead atoms. The molecule has 2 aromatic rings. The van der Waals surface area contributed by atoms with Gasteiger partial charge in [-0.15, -0.1) is 0 Å². The van der Waals surface area contributed by atoms with Crippen LogP contribution in [0.3, 0.4) is 0 Å². The van der Waals surface area contributed by atoms with Crippen molar-refractivity contribution in [2.75, 3.05) is 6.54 Å². The van der Waals surface area contributed by atoms with E-state index < -0.39 is 0 Å². The van der Waals surface area contributed by atoms with E-state index in [-0.39, 0.29) is 0 Å². The van der Waals surface area contributed by atoms with Gasteiger partial charge in [-0.05, 0) is 67.1 Å². The highest BCUT2D eigenvalue weighted by atomic mass is 32.2. The van der Waals surface area contributed by atoms with Crippen molar-refractivity contribution in [2.45, 2.75) is 49.1 Å². The summed E-state index contributed by atoms with van der Waals surface area (Å²) in [6.07, 6.45) is 6.83. The lowest BCUT2D eigenvalue weighted by Gasteiger charge is -2.10. The number of aryl methyl sites for hydroxylation is 2. The number of pyridine rings is 1. The molecule has 0 fully saturated rings. The highest BCUT2D eigenvalue weighted by Crippen LogP contribution is 2.32. The minimum atomic E-state index is 0.898. The Balaban J connectivity index is 1.75. The third-order valence-electron chi connectivity index (χ3n) is 3.88. The van der Waals surface area contributed by atoms with Gasteiger partial charge in [0.2, 0.25) is 0 Å². The Kier molecular flexibility index (Phi) is 4.94. The SMILES string of the molecule is CCCNCc1cccnc1Sc1ccc2c(c1)CCC2. The van der Waals surface area contributed by atoms with Gasteiger partial charge in [0.05, 0.1) is 0 Å². The summed E-state index contributed by atoms with van der Waals surface area (Å²) in [6.45, 7) is 4.14. The molecule has 1 aromatic carbocycles. The number of nitrogens with one attached hydrogen (secondary N) is 1. The minimum absolute atomic E-state index is 0.898. The topological polar surface area (TPSA) is 24.9 Å². The first-order chi connectivity index (χ1) is 10.4. The van der Waals surface area contributed by atoms with Gasteiger partial charge in [0, 0.05) is 17.6 Å². The fourth-order valence-electron chi connectivity index (χ4n) is 2.77. The van der Waals surface area contributed by atoms with Gasteiger partial charge in [-0.1, -0.05) is 30.8 Å². The Morgan fingerprint density at radius 1 is 1.19 bits per heavy atom. The van der Waals surface area contributed by atoms with E-state index in [0.717, 1.165) is 24.5 Å². The molecular weight excluding hydrogens is 276 g/mol. The highest BCUT2D eigenvalue weighted by molar-refractivity contribution is 7.99. The summed E-state index contributed by atoms with van der Waals surface area (Å²) in [4.78, 5) is 5.88. The van der Waals surface area contributed by atoms with Crippen molar-refractivity contribution in [3.63, 3.8) is 0 Å². The summed E-state index contributed by atoms with van der Waals surface area (Å²) in [5.41, 5.74) is 4.35. The van der Waals surface area contributed by atoms with Crippen LogP contribution < -0.4 is 5.32 Å². The second-order valence-corrected chi connectivity index (χ2v) is 6.59. The smallest absolute Gasteiger partial charge is 0.105 e. The zero-order valence-electron chi connectivity index (χ0n) is 12.6. The van der Waals surface area contributed by atoms with Crippen LogP contribution in [0, 0.1) is 0 Å². The molecule has 0 spiro atoms. The second-order valence-electron chi connectivity index (χ2n) is 5.53. The summed E-state index contributed by atoms with van der Waals surface area (Å²) in [5.74, 6) is 0. The third-order valence-corrected chi connectivity index (χ3v) is 4.93. The second kappa shape index (κ2) is 7.10. The van der Waals surface area contributed by atoms with Crippen LogP contribution in [0.2, 0.25) is 0 Å². The Morgan fingerprint density at radius 2 is 2.10 bits per heavy atom. The van der Waals surface area contributed by atoms with Crippen molar-refractivity contribution in [3.05, 3.63) is 53.2 Å². The average Bonchev–Trinajstić information content (AvgIpc) is 2.97. The van der Waals surface area contributed by atoms with Crippen LogP contribution in [0.4, 0.5) is 0 Å². The monoisotopic (exact) mass is 298 g/mol. The lowest BCUT2D eigenvalue weighted by Crippen LogP contribution is -2.14. The Bertz CT molecular complexity index is 610. The molecular formula is C18H22N2S. The number of fused-ring (bicyclic) bond motifs is 1. The Labute approximate surface area is 131 Å². The van der Waals surface area contributed by atoms with Gasteiger partial charge in [0.25, 0.3) is 0 Å². The first-order valence-corrected chi connectivity index (χ1v) is 8.62. The van der Waals surface area contributed by atoms with Crippen molar-refractivity contribution < 1.29 is 0 Å². The maximum Gasteiger partial charge on any atom is 0.105 e. The Morgan fingerprint density at radius 3 is 3.00 bits per heavy atom. The fourth-order valence-corrected chi connectivity index (χ4v) is 3.72. The molecule has 0 radical (unpaired) electrons. The Hall–Kier alpha value is -1.32. The van der Waals surface area contributed by atoms with E-state index in [1.807, 2.05) is 12.3 Å². The predicted octanol–water partition coefficient (Wildman–Crippen LogP) is 4.22. The lowest BCUT2D eigenvalue weighted by atomic mass is 10.1. The third kappa shape index (κ3) is 3.66. The van der Waals surface area contributed by atoms with E-state index in [1.54, 1.807) is 11.8 Å². The van der Waals surface area contributed by atoms with Crippen molar-refractivity contribution in [2.24, 2.45) is 0 Å². The number of benzene rings is 1. The van der Waals surface area contributed by atoms with Crippen LogP contribution in [-0.4, -0.2) is 11.5 Å². The van der Waals surface area contributed by atoms with Crippen LogP contribution >= 0.6 is 11.8 Å². The molecule has 3 rings (SSSR count). The van der Waals surface area contributed by atoms with Crippen molar-refractivity contribution >= 4 is 11.8 Å². The zero-order chi connectivity index (χ0) is 14.5. The van der Waals surface area contributed by atoms with Crippen LogP contribution in [0.15, 0.2) is 46.5 Å². The summed E-state index contributed by atoms with van der Waals surface area (Å²) in [7, 11) is 0. The number of hydrogen-bond acceptors (Lipinski definition) is 3. The van der Waals surface area contributed by atoms with E-state index in [0.29, 0.717) is 0 Å². The first kappa shape index (κ1) is 14.6. The van der Waals surface area contributed by atoms with Gasteiger partial charge < -0.3 is 5.32 Å². The zero-order valence-corrected chi connectivity index (χ0v) is 13.4. The molecule has 0 aliphatic heterocycles. The molecule has 1 aromatic heterocycles. The van der Waals surface area contributed by atoms with Crippen LogP contribution in [-0.2, 0) is 19.4 Å². The maximum absolute atomic E-state index is 4.57. The number of aromatic nitrogens is 1. The molecule has 0 atom stereocenters. The van der Waals surface area contributed by atoms with Gasteiger partial charge in [0.1, 0.15) is 5.03 Å². The van der Waals surface area contributed by atoms with Crippen LogP contribution in [0.1, 0.15) is 36.5 Å². The molecule has 2 nitrogen and oxygen atoms in total. The minimum Gasteiger partial charge on any atom is -0.313 e. The highest BCUT2D eigenvalue weighted by Gasteiger charge is 2.12. The fraction of sp³-hybridized carbons (Fsp3) is 0.389. The summed E-state index contributed by atoms with van der Waals surface area (Å²) < 4.78 is 0. The van der Waals surface area contributed by atoms with E-state index in [9.17, 15) is 0 Å². The molecule has 1 aliphatic carbocycles.